The van der Waals surface area contributed by atoms with Gasteiger partial charge in [0.25, 0.3) is 5.91 Å². The fourth-order valence-corrected chi connectivity index (χ4v) is 4.23. The Bertz CT molecular complexity index is 1190. The molecule has 1 fully saturated rings. The first kappa shape index (κ1) is 20.3. The number of ether oxygens (including phenoxy) is 1. The standard InChI is InChI=1S/C22H21N7O2S/c1-31-16-6-4-14(5-7-16)21-28-29-22(32-21)27-20(30)19-18(25-15-10-23-12-24-11-15)9-8-17(26-19)13-2-3-13/h4,6-14,25H,2-3,5H2,1H3,(H,27,29,30). The molecule has 1 unspecified atom stereocenters. The Morgan fingerprint density at radius 2 is 2.03 bits per heavy atom. The number of anilines is 3. The lowest BCUT2D eigenvalue weighted by atomic mass is 10.0. The number of allylic oxidation sites excluding steroid dienone is 3. The van der Waals surface area contributed by atoms with Crippen molar-refractivity contribution in [3.8, 4) is 0 Å². The maximum absolute atomic E-state index is 13.1. The molecular weight excluding hydrogens is 426 g/mol. The van der Waals surface area contributed by atoms with Crippen LogP contribution in [0, 0.1) is 0 Å². The molecule has 3 heterocycles. The number of pyridine rings is 1. The average molecular weight is 448 g/mol. The van der Waals surface area contributed by atoms with Crippen molar-refractivity contribution in [1.82, 2.24) is 25.1 Å². The Morgan fingerprint density at radius 3 is 2.75 bits per heavy atom. The molecule has 2 aliphatic carbocycles. The molecule has 0 aliphatic heterocycles. The number of hydrogen-bond acceptors (Lipinski definition) is 9. The number of aromatic nitrogens is 5. The van der Waals surface area contributed by atoms with Gasteiger partial charge < -0.3 is 10.1 Å². The van der Waals surface area contributed by atoms with Crippen molar-refractivity contribution in [2.75, 3.05) is 17.7 Å². The smallest absolute Gasteiger partial charge is 0.278 e. The van der Waals surface area contributed by atoms with E-state index in [0.717, 1.165) is 35.7 Å². The first-order valence-electron chi connectivity index (χ1n) is 10.3. The number of nitrogens with one attached hydrogen (secondary N) is 2. The van der Waals surface area contributed by atoms with Crippen molar-refractivity contribution in [3.63, 3.8) is 0 Å². The number of carbonyl (C=O) groups is 1. The molecule has 3 aromatic heterocycles. The normalized spacial score (nSPS) is 17.5. The molecule has 1 atom stereocenters. The summed E-state index contributed by atoms with van der Waals surface area (Å²) in [5, 5.41) is 15.7. The van der Waals surface area contributed by atoms with Gasteiger partial charge in [-0.1, -0.05) is 17.4 Å². The predicted octanol–water partition coefficient (Wildman–Crippen LogP) is 4.17. The molecule has 0 bridgehead atoms. The lowest BCUT2D eigenvalue weighted by Crippen LogP contribution is -2.16. The van der Waals surface area contributed by atoms with Gasteiger partial charge in [0, 0.05) is 17.5 Å². The number of rotatable bonds is 7. The quantitative estimate of drug-likeness (QED) is 0.555. The Labute approximate surface area is 188 Å². The summed E-state index contributed by atoms with van der Waals surface area (Å²) in [7, 11) is 1.65. The molecule has 32 heavy (non-hydrogen) atoms. The van der Waals surface area contributed by atoms with E-state index in [9.17, 15) is 4.79 Å². The Morgan fingerprint density at radius 1 is 1.19 bits per heavy atom. The summed E-state index contributed by atoms with van der Waals surface area (Å²) >= 11 is 1.36. The zero-order valence-electron chi connectivity index (χ0n) is 17.4. The number of amides is 1. The highest BCUT2D eigenvalue weighted by atomic mass is 32.1. The van der Waals surface area contributed by atoms with Crippen LogP contribution in [-0.2, 0) is 4.74 Å². The molecule has 1 amide bonds. The van der Waals surface area contributed by atoms with Gasteiger partial charge in [0.2, 0.25) is 5.13 Å². The van der Waals surface area contributed by atoms with Crippen molar-refractivity contribution >= 4 is 33.8 Å². The summed E-state index contributed by atoms with van der Waals surface area (Å²) in [5.74, 6) is 1.04. The minimum atomic E-state index is -0.338. The lowest BCUT2D eigenvalue weighted by molar-refractivity contribution is 0.102. The van der Waals surface area contributed by atoms with Gasteiger partial charge in [-0.2, -0.15) is 0 Å². The first-order chi connectivity index (χ1) is 15.7. The van der Waals surface area contributed by atoms with Crippen LogP contribution in [0.2, 0.25) is 0 Å². The van der Waals surface area contributed by atoms with Gasteiger partial charge >= 0.3 is 0 Å². The van der Waals surface area contributed by atoms with Crippen LogP contribution in [0.1, 0.15) is 52.3 Å². The minimum Gasteiger partial charge on any atom is -0.497 e. The summed E-state index contributed by atoms with van der Waals surface area (Å²) in [5.41, 5.74) is 2.49. The van der Waals surface area contributed by atoms with E-state index in [-0.39, 0.29) is 11.8 Å². The number of methoxy groups -OCH3 is 1. The van der Waals surface area contributed by atoms with Gasteiger partial charge in [-0.3, -0.25) is 10.1 Å². The molecule has 162 valence electrons. The molecule has 1 saturated carbocycles. The van der Waals surface area contributed by atoms with Gasteiger partial charge in [0.05, 0.1) is 30.9 Å². The van der Waals surface area contributed by atoms with Crippen LogP contribution in [0.3, 0.4) is 0 Å². The Balaban J connectivity index is 1.35. The lowest BCUT2D eigenvalue weighted by Gasteiger charge is -2.12. The highest BCUT2D eigenvalue weighted by Gasteiger charge is 2.27. The second-order valence-electron chi connectivity index (χ2n) is 7.57. The maximum atomic E-state index is 13.1. The molecule has 9 nitrogen and oxygen atoms in total. The van der Waals surface area contributed by atoms with E-state index in [1.807, 2.05) is 30.4 Å². The Kier molecular flexibility index (Phi) is 5.59. The van der Waals surface area contributed by atoms with E-state index in [0.29, 0.717) is 28.1 Å². The molecule has 10 heteroatoms. The van der Waals surface area contributed by atoms with Crippen molar-refractivity contribution in [1.29, 1.82) is 0 Å². The molecule has 5 rings (SSSR count). The minimum absolute atomic E-state index is 0.115. The topological polar surface area (TPSA) is 115 Å². The molecule has 2 N–H and O–H groups in total. The molecule has 0 radical (unpaired) electrons. The van der Waals surface area contributed by atoms with Crippen LogP contribution in [0.5, 0.6) is 0 Å². The van der Waals surface area contributed by atoms with E-state index in [1.165, 1.54) is 17.7 Å². The second kappa shape index (κ2) is 8.83. The number of nitrogens with zero attached hydrogens (tertiary/aromatic N) is 5. The van der Waals surface area contributed by atoms with Gasteiger partial charge in [-0.25, -0.2) is 15.0 Å². The zero-order chi connectivity index (χ0) is 21.9. The molecule has 0 aromatic carbocycles. The van der Waals surface area contributed by atoms with E-state index >= 15 is 0 Å². The van der Waals surface area contributed by atoms with Crippen LogP contribution in [0.25, 0.3) is 0 Å². The highest BCUT2D eigenvalue weighted by Crippen LogP contribution is 2.40. The van der Waals surface area contributed by atoms with Gasteiger partial charge in [-0.05, 0) is 43.5 Å². The largest absolute Gasteiger partial charge is 0.497 e. The number of hydrogen-bond donors (Lipinski definition) is 2. The van der Waals surface area contributed by atoms with E-state index < -0.39 is 0 Å². The van der Waals surface area contributed by atoms with E-state index in [2.05, 4.69) is 35.8 Å². The van der Waals surface area contributed by atoms with Crippen molar-refractivity contribution in [3.05, 3.63) is 71.2 Å². The van der Waals surface area contributed by atoms with Gasteiger partial charge in [-0.15, -0.1) is 10.2 Å². The summed E-state index contributed by atoms with van der Waals surface area (Å²) < 4.78 is 5.23. The zero-order valence-corrected chi connectivity index (χ0v) is 18.2. The third-order valence-corrected chi connectivity index (χ3v) is 6.22. The summed E-state index contributed by atoms with van der Waals surface area (Å²) in [6.07, 6.45) is 13.7. The summed E-state index contributed by atoms with van der Waals surface area (Å²) in [6, 6.07) is 3.83. The average Bonchev–Trinajstić information content (AvgIpc) is 3.58. The van der Waals surface area contributed by atoms with Crippen molar-refractivity contribution in [2.24, 2.45) is 0 Å². The highest BCUT2D eigenvalue weighted by molar-refractivity contribution is 7.15. The third-order valence-electron chi connectivity index (χ3n) is 5.25. The molecular formula is C22H21N7O2S. The molecule has 2 aliphatic rings. The predicted molar refractivity (Wildman–Crippen MR) is 121 cm³/mol. The van der Waals surface area contributed by atoms with Crippen LogP contribution in [0.4, 0.5) is 16.5 Å². The third kappa shape index (κ3) is 4.50. The molecule has 0 saturated heterocycles. The van der Waals surface area contributed by atoms with Crippen LogP contribution in [-0.4, -0.2) is 38.2 Å². The Hall–Kier alpha value is -3.66. The van der Waals surface area contributed by atoms with Crippen LogP contribution >= 0.6 is 11.3 Å². The summed E-state index contributed by atoms with van der Waals surface area (Å²) in [6.45, 7) is 0. The maximum Gasteiger partial charge on any atom is 0.278 e. The second-order valence-corrected chi connectivity index (χ2v) is 8.58. The molecule has 0 spiro atoms. The van der Waals surface area contributed by atoms with Gasteiger partial charge in [0.1, 0.15) is 17.1 Å². The summed E-state index contributed by atoms with van der Waals surface area (Å²) in [4.78, 5) is 25.8. The van der Waals surface area contributed by atoms with Crippen molar-refractivity contribution in [2.45, 2.75) is 31.1 Å². The fraction of sp³-hybridized carbons (Fsp3) is 0.273. The van der Waals surface area contributed by atoms with Gasteiger partial charge in [0.15, 0.2) is 5.69 Å². The first-order valence-corrected chi connectivity index (χ1v) is 11.1. The fourth-order valence-electron chi connectivity index (χ4n) is 3.40. The van der Waals surface area contributed by atoms with Crippen LogP contribution < -0.4 is 10.6 Å². The molecule has 3 aromatic rings. The number of carbonyl (C=O) groups excluding carboxylic acids is 1. The SMILES string of the molecule is COC1=CCC(c2nnc(NC(=O)c3nc(C4CC4)ccc3Nc3cncnc3)s2)C=C1. The van der Waals surface area contributed by atoms with E-state index in [1.54, 1.807) is 19.5 Å². The van der Waals surface area contributed by atoms with Crippen molar-refractivity contribution < 1.29 is 9.53 Å². The van der Waals surface area contributed by atoms with E-state index in [4.69, 9.17) is 4.74 Å². The van der Waals surface area contributed by atoms with Crippen LogP contribution in [0.15, 0.2) is 54.8 Å². The monoisotopic (exact) mass is 447 g/mol.